The fourth-order valence-electron chi connectivity index (χ4n) is 8.12. The number of nitrogens with two attached hydrogens (primary N) is 1. The molecule has 6 aromatic carbocycles. The van der Waals surface area contributed by atoms with Crippen molar-refractivity contribution in [2.75, 3.05) is 5.73 Å². The molecule has 8 aromatic rings. The van der Waals surface area contributed by atoms with Gasteiger partial charge in [-0.25, -0.2) is 9.36 Å². The van der Waals surface area contributed by atoms with Crippen LogP contribution in [0.2, 0.25) is 20.1 Å². The lowest BCUT2D eigenvalue weighted by Gasteiger charge is -2.37. The highest BCUT2D eigenvalue weighted by Gasteiger charge is 2.61. The highest BCUT2D eigenvalue weighted by molar-refractivity contribution is 9.11. The molecular formula is C50H30Br4Cl4F6N6O4. The van der Waals surface area contributed by atoms with Gasteiger partial charge in [0.2, 0.25) is 11.1 Å². The van der Waals surface area contributed by atoms with Crippen LogP contribution < -0.4 is 5.73 Å². The third-order valence-corrected chi connectivity index (χ3v) is 15.2. The van der Waals surface area contributed by atoms with Crippen molar-refractivity contribution in [3.8, 4) is 0 Å². The highest BCUT2D eigenvalue weighted by atomic mass is 79.9. The second kappa shape index (κ2) is 22.6. The summed E-state index contributed by atoms with van der Waals surface area (Å²) in [6.45, 7) is 0. The number of halogens is 14. The summed E-state index contributed by atoms with van der Waals surface area (Å²) in [6, 6.07) is 27.5. The number of alkyl halides is 6. The molecule has 74 heavy (non-hydrogen) atoms. The minimum Gasteiger partial charge on any atom is -0.399 e. The second-order valence-corrected chi connectivity index (χ2v) is 21.3. The fraction of sp³-hybridized carbons (Fsp3) is 0.120. The number of rotatable bonds is 13. The third kappa shape index (κ3) is 11.5. The van der Waals surface area contributed by atoms with Gasteiger partial charge in [-0.2, -0.15) is 36.5 Å². The van der Waals surface area contributed by atoms with Crippen LogP contribution >= 0.6 is 110 Å². The molecule has 2 atom stereocenters. The van der Waals surface area contributed by atoms with Gasteiger partial charge >= 0.3 is 12.4 Å². The minimum atomic E-state index is -4.91. The summed E-state index contributed by atoms with van der Waals surface area (Å²) >= 11 is 37.3. The van der Waals surface area contributed by atoms with Gasteiger partial charge in [0.25, 0.3) is 5.69 Å². The quantitative estimate of drug-likeness (QED) is 0.0399. The predicted octanol–water partition coefficient (Wildman–Crippen LogP) is 16.5. The Balaban J connectivity index is 0.000000217. The molecule has 0 aliphatic rings. The van der Waals surface area contributed by atoms with E-state index in [0.29, 0.717) is 31.3 Å². The molecule has 0 saturated heterocycles. The molecule has 0 fully saturated rings. The van der Waals surface area contributed by atoms with Crippen LogP contribution in [-0.2, 0) is 23.9 Å². The van der Waals surface area contributed by atoms with Crippen LogP contribution in [0, 0.1) is 10.1 Å². The lowest BCUT2D eigenvalue weighted by molar-refractivity contribution is -0.384. The number of non-ortho nitro benzene ring substituents is 1. The van der Waals surface area contributed by atoms with Crippen LogP contribution in [0.1, 0.15) is 54.1 Å². The predicted molar refractivity (Wildman–Crippen MR) is 286 cm³/mol. The number of carbonyl (C=O) groups is 2. The Bertz CT molecular complexity index is 3390. The highest BCUT2D eigenvalue weighted by Crippen LogP contribution is 2.51. The standard InChI is InChI=1S/C25H14Br2Cl2F3N3O3.C25H16Br2Cl2F3N3O/c26-21-9-16(10-22(27)20(21)11-23(36)14-2-1-3-19(8-14)35(37)38)24(25(30,31)32,34-13-18(29)12-33-34)15-4-6-17(28)7-5-15;26-21-9-16(10-22(27)20(21)11-23(36)14-2-1-3-19(33)8-14)24(25(30,31)32,35-13-18(29)12-34-35)15-4-6-17(28)7-5-15/h1-10,12-13H,11H2;1-10,12-13H,11,33H2. The molecule has 0 saturated carbocycles. The summed E-state index contributed by atoms with van der Waals surface area (Å²) in [7, 11) is 0. The first kappa shape index (κ1) is 56.7. The van der Waals surface area contributed by atoms with Gasteiger partial charge < -0.3 is 5.73 Å². The van der Waals surface area contributed by atoms with E-state index in [1.807, 2.05) is 0 Å². The van der Waals surface area contributed by atoms with Crippen LogP contribution in [0.25, 0.3) is 0 Å². The molecule has 8 rings (SSSR count). The van der Waals surface area contributed by atoms with Gasteiger partial charge in [0.1, 0.15) is 0 Å². The van der Waals surface area contributed by atoms with Crippen LogP contribution in [0.15, 0.2) is 164 Å². The largest absolute Gasteiger partial charge is 0.422 e. The van der Waals surface area contributed by atoms with Crippen LogP contribution in [-0.4, -0.2) is 48.4 Å². The fourth-order valence-corrected chi connectivity index (χ4v) is 11.6. The Morgan fingerprint density at radius 1 is 0.541 bits per heavy atom. The van der Waals surface area contributed by atoms with Gasteiger partial charge in [-0.1, -0.05) is 159 Å². The smallest absolute Gasteiger partial charge is 0.399 e. The Kier molecular flexibility index (Phi) is 17.3. The number of nitro benzene ring substituents is 1. The van der Waals surface area contributed by atoms with Crippen molar-refractivity contribution in [2.24, 2.45) is 0 Å². The number of benzene rings is 6. The van der Waals surface area contributed by atoms with Crippen molar-refractivity contribution >= 4 is 133 Å². The molecule has 2 heterocycles. The zero-order valence-corrected chi connectivity index (χ0v) is 46.4. The van der Waals surface area contributed by atoms with Gasteiger partial charge in [0.15, 0.2) is 11.6 Å². The Labute approximate surface area is 470 Å². The molecular weight excluding hydrogens is 1320 g/mol. The number of carbonyl (C=O) groups excluding carboxylic acids is 2. The van der Waals surface area contributed by atoms with Crippen molar-refractivity contribution in [1.29, 1.82) is 0 Å². The van der Waals surface area contributed by atoms with Gasteiger partial charge in [-0.05, 0) is 94.0 Å². The number of hydrogen-bond donors (Lipinski definition) is 1. The normalized spacial score (nSPS) is 13.3. The third-order valence-electron chi connectivity index (χ3n) is 11.5. The van der Waals surface area contributed by atoms with E-state index in [4.69, 9.17) is 52.1 Å². The molecule has 0 bridgehead atoms. The van der Waals surface area contributed by atoms with E-state index in [9.17, 15) is 19.7 Å². The number of hydrogen-bond acceptors (Lipinski definition) is 7. The number of ketones is 2. The lowest BCUT2D eigenvalue weighted by Crippen LogP contribution is -2.50. The van der Waals surface area contributed by atoms with Crippen molar-refractivity contribution in [3.63, 3.8) is 0 Å². The van der Waals surface area contributed by atoms with Crippen molar-refractivity contribution in [3.05, 3.63) is 239 Å². The monoisotopic (exact) mass is 1350 g/mol. The Morgan fingerprint density at radius 3 is 1.23 bits per heavy atom. The summed E-state index contributed by atoms with van der Waals surface area (Å²) in [5.74, 6) is -0.698. The molecule has 0 aliphatic carbocycles. The molecule has 0 amide bonds. The first-order valence-corrected chi connectivity index (χ1v) is 25.7. The van der Waals surface area contributed by atoms with E-state index < -0.39 is 34.1 Å². The molecule has 2 N–H and O–H groups in total. The number of nitro groups is 1. The molecule has 10 nitrogen and oxygen atoms in total. The first-order valence-electron chi connectivity index (χ1n) is 21.0. The van der Waals surface area contributed by atoms with Crippen molar-refractivity contribution in [2.45, 2.75) is 36.3 Å². The van der Waals surface area contributed by atoms with Crippen molar-refractivity contribution < 1.29 is 40.9 Å². The summed E-state index contributed by atoms with van der Waals surface area (Å²) in [5, 5.41) is 19.5. The average Bonchev–Trinajstić information content (AvgIpc) is 3.97. The summed E-state index contributed by atoms with van der Waals surface area (Å²) in [4.78, 5) is 36.3. The van der Waals surface area contributed by atoms with E-state index in [2.05, 4.69) is 73.9 Å². The van der Waals surface area contributed by atoms with E-state index in [0.717, 1.165) is 40.2 Å². The maximum absolute atomic E-state index is 15.2. The van der Waals surface area contributed by atoms with Gasteiger partial charge in [-0.15, -0.1) is 0 Å². The maximum Gasteiger partial charge on any atom is 0.422 e. The van der Waals surface area contributed by atoms with Crippen LogP contribution in [0.3, 0.4) is 0 Å². The van der Waals surface area contributed by atoms with Crippen LogP contribution in [0.4, 0.5) is 37.7 Å². The van der Waals surface area contributed by atoms with Crippen molar-refractivity contribution in [1.82, 2.24) is 19.6 Å². The molecule has 0 radical (unpaired) electrons. The minimum absolute atomic E-state index is 0.00453. The number of nitrogen functional groups attached to an aromatic ring is 1. The number of anilines is 1. The SMILES string of the molecule is Nc1cccc(C(=O)Cc2c(Br)cc(C(c3ccc(Cl)cc3)(n3cc(Cl)cn3)C(F)(F)F)cc2Br)c1.O=C(Cc1c(Br)cc(C(c2ccc(Cl)cc2)(n2cc(Cl)cn2)C(F)(F)F)cc1Br)c1cccc([N+](=O)[O-])c1. The number of aromatic nitrogens is 4. The zero-order chi connectivity index (χ0) is 54.1. The topological polar surface area (TPSA) is 139 Å². The Morgan fingerprint density at radius 2 is 0.905 bits per heavy atom. The molecule has 0 aliphatic heterocycles. The van der Waals surface area contributed by atoms with E-state index >= 15 is 26.3 Å². The molecule has 0 spiro atoms. The van der Waals surface area contributed by atoms with Gasteiger partial charge in [0.05, 0.1) is 27.4 Å². The van der Waals surface area contributed by atoms with Crippen LogP contribution in [0.5, 0.6) is 0 Å². The van der Waals surface area contributed by atoms with E-state index in [1.165, 1.54) is 91.0 Å². The number of Topliss-reactive ketones (excluding diaryl/α,β-unsaturated/α-hetero) is 2. The molecule has 382 valence electrons. The average molecular weight is 1350 g/mol. The summed E-state index contributed by atoms with van der Waals surface area (Å²) < 4.78 is 93.5. The summed E-state index contributed by atoms with van der Waals surface area (Å²) in [5.41, 5.74) is 1.07. The van der Waals surface area contributed by atoms with Gasteiger partial charge in [-0.3, -0.25) is 19.7 Å². The summed E-state index contributed by atoms with van der Waals surface area (Å²) in [6.07, 6.45) is -5.64. The second-order valence-electron chi connectivity index (χ2n) is 16.1. The van der Waals surface area contributed by atoms with E-state index in [1.54, 1.807) is 24.3 Å². The maximum atomic E-state index is 15.2. The van der Waals surface area contributed by atoms with Gasteiger partial charge in [0, 0.05) is 82.1 Å². The first-order chi connectivity index (χ1) is 34.8. The molecule has 24 heteroatoms. The number of nitrogens with zero attached hydrogens (tertiary/aromatic N) is 5. The molecule has 2 aromatic heterocycles. The lowest BCUT2D eigenvalue weighted by atomic mass is 9.81. The molecule has 2 unspecified atom stereocenters. The van der Waals surface area contributed by atoms with E-state index in [-0.39, 0.29) is 81.2 Å². The zero-order valence-electron chi connectivity index (χ0n) is 37.0. The Hall–Kier alpha value is -5.06.